The molecule has 1 saturated carbocycles. The van der Waals surface area contributed by atoms with Gasteiger partial charge in [0, 0.05) is 46.0 Å². The third kappa shape index (κ3) is 14.8. The highest BCUT2D eigenvalue weighted by atomic mass is 32.2. The molecular weight excluding hydrogens is 767 g/mol. The molecule has 2 heterocycles. The molecular formula is C41H69N7O9S. The standard InChI is InChI=1S/C38H61N7O9S.C3H8/c1-10-23(4)34(44(7)32(48)20-41-38(51)33(39-6)22(2)3)30(53-8)19-31(47)45-21-26(46)18-29(45)35(54-9)24(5)36(49)42-28(17-25-13-11-12-16-40-25)37(50)43-55(52)27-14-15-27;1-3-2/h11-13,16,22-24,27-30,33-35,39H,10,14-15,17-21H2,1-9H3,(H,41,51)(H,42,49)(H,43,50);3H2,1-2H3/t23?,24?,28?,29?,30-,33?,34?,35?,55?;/m1./s1. The molecule has 5 amide bonds. The molecule has 0 bridgehead atoms. The lowest BCUT2D eigenvalue weighted by Crippen LogP contribution is -2.56. The van der Waals surface area contributed by atoms with Gasteiger partial charge in [-0.15, -0.1) is 0 Å². The predicted molar refractivity (Wildman–Crippen MR) is 222 cm³/mol. The molecule has 16 nitrogen and oxygen atoms in total. The number of ether oxygens (including phenoxy) is 2. The molecule has 1 saturated heterocycles. The van der Waals surface area contributed by atoms with Crippen LogP contribution in [0.2, 0.25) is 0 Å². The van der Waals surface area contributed by atoms with Gasteiger partial charge >= 0.3 is 0 Å². The lowest BCUT2D eigenvalue weighted by molar-refractivity contribution is -0.146. The van der Waals surface area contributed by atoms with Gasteiger partial charge in [-0.1, -0.05) is 67.4 Å². The summed E-state index contributed by atoms with van der Waals surface area (Å²) in [6.07, 6.45) is 3.12. The van der Waals surface area contributed by atoms with Crippen molar-refractivity contribution in [1.82, 2.24) is 35.5 Å². The number of nitrogens with zero attached hydrogens (tertiary/aromatic N) is 3. The fraction of sp³-hybridized carbons (Fsp3) is 0.732. The molecule has 58 heavy (non-hydrogen) atoms. The van der Waals surface area contributed by atoms with Crippen LogP contribution in [0.25, 0.3) is 0 Å². The van der Waals surface area contributed by atoms with Gasteiger partial charge < -0.3 is 35.2 Å². The van der Waals surface area contributed by atoms with Crippen LogP contribution in [0, 0.1) is 17.8 Å². The number of nitrogens with one attached hydrogen (secondary N) is 4. The summed E-state index contributed by atoms with van der Waals surface area (Å²) in [7, 11) is 4.58. The van der Waals surface area contributed by atoms with Crippen molar-refractivity contribution >= 4 is 46.3 Å². The summed E-state index contributed by atoms with van der Waals surface area (Å²) in [5.74, 6) is -3.45. The van der Waals surface area contributed by atoms with Gasteiger partial charge in [-0.25, -0.2) is 4.21 Å². The van der Waals surface area contributed by atoms with E-state index in [0.717, 1.165) is 12.8 Å². The topological polar surface area (TPSA) is 205 Å². The van der Waals surface area contributed by atoms with Crippen molar-refractivity contribution in [1.29, 1.82) is 0 Å². The molecule has 1 aromatic heterocycles. The molecule has 8 unspecified atom stereocenters. The van der Waals surface area contributed by atoms with E-state index in [9.17, 15) is 33.0 Å². The summed E-state index contributed by atoms with van der Waals surface area (Å²) in [6, 6.07) is 2.29. The van der Waals surface area contributed by atoms with E-state index >= 15 is 0 Å². The second-order valence-corrected chi connectivity index (χ2v) is 17.1. The maximum absolute atomic E-state index is 14.1. The zero-order valence-electron chi connectivity index (χ0n) is 36.4. The number of likely N-dealkylation sites (N-methyl/N-ethyl adjacent to an activating group) is 2. The van der Waals surface area contributed by atoms with Crippen LogP contribution in [-0.2, 0) is 55.6 Å². The Balaban J connectivity index is 0.00000374. The fourth-order valence-electron chi connectivity index (χ4n) is 7.10. The summed E-state index contributed by atoms with van der Waals surface area (Å²) in [4.78, 5) is 87.4. The molecule has 0 radical (unpaired) electrons. The van der Waals surface area contributed by atoms with Gasteiger partial charge in [0.25, 0.3) is 5.91 Å². The number of amides is 5. The number of carbonyl (C=O) groups is 6. The fourth-order valence-corrected chi connectivity index (χ4v) is 8.18. The highest BCUT2D eigenvalue weighted by Gasteiger charge is 2.45. The number of pyridine rings is 1. The quantitative estimate of drug-likeness (QED) is 0.133. The molecule has 9 atom stereocenters. The minimum atomic E-state index is -1.58. The van der Waals surface area contributed by atoms with Gasteiger partial charge in [0.2, 0.25) is 23.6 Å². The highest BCUT2D eigenvalue weighted by Crippen LogP contribution is 2.29. The summed E-state index contributed by atoms with van der Waals surface area (Å²) >= 11 is 0. The molecule has 17 heteroatoms. The maximum atomic E-state index is 14.1. The number of likely N-dealkylation sites (tertiary alicyclic amines) is 1. The molecule has 0 aromatic carbocycles. The van der Waals surface area contributed by atoms with E-state index in [1.165, 1.54) is 30.4 Å². The van der Waals surface area contributed by atoms with Crippen LogP contribution in [0.5, 0.6) is 0 Å². The molecule has 2 aliphatic rings. The minimum absolute atomic E-state index is 0.0104. The Labute approximate surface area is 347 Å². The van der Waals surface area contributed by atoms with Crippen molar-refractivity contribution in [2.45, 2.75) is 135 Å². The van der Waals surface area contributed by atoms with Crippen molar-refractivity contribution in [3.63, 3.8) is 0 Å². The monoisotopic (exact) mass is 835 g/mol. The lowest BCUT2D eigenvalue weighted by atomic mass is 9.90. The number of hydrogen-bond donors (Lipinski definition) is 4. The van der Waals surface area contributed by atoms with Crippen LogP contribution in [0.4, 0.5) is 0 Å². The molecule has 1 aromatic rings. The Morgan fingerprint density at radius 2 is 1.66 bits per heavy atom. The smallest absolute Gasteiger partial charge is 0.254 e. The first-order chi connectivity index (χ1) is 27.5. The largest absolute Gasteiger partial charge is 0.379 e. The second-order valence-electron chi connectivity index (χ2n) is 15.7. The van der Waals surface area contributed by atoms with Gasteiger partial charge in [0.15, 0.2) is 5.78 Å². The Morgan fingerprint density at radius 1 is 1.00 bits per heavy atom. The van der Waals surface area contributed by atoms with E-state index in [4.69, 9.17) is 9.47 Å². The van der Waals surface area contributed by atoms with Crippen molar-refractivity contribution in [3.8, 4) is 0 Å². The molecule has 2 fully saturated rings. The average Bonchev–Trinajstić information content (AvgIpc) is 3.98. The van der Waals surface area contributed by atoms with Crippen LogP contribution in [-0.4, -0.2) is 137 Å². The third-order valence-electron chi connectivity index (χ3n) is 10.7. The van der Waals surface area contributed by atoms with Crippen molar-refractivity contribution in [2.75, 3.05) is 41.4 Å². The summed E-state index contributed by atoms with van der Waals surface area (Å²) in [5.41, 5.74) is 0.545. The van der Waals surface area contributed by atoms with Gasteiger partial charge in [0.05, 0.1) is 61.0 Å². The number of Topliss-reactive ketones (excluding diaryl/α,β-unsaturated/α-hetero) is 1. The van der Waals surface area contributed by atoms with E-state index in [2.05, 4.69) is 39.5 Å². The van der Waals surface area contributed by atoms with E-state index in [0.29, 0.717) is 12.1 Å². The normalized spacial score (nSPS) is 19.3. The number of methoxy groups -OCH3 is 2. The Hall–Kier alpha value is -3.80. The first-order valence-electron chi connectivity index (χ1n) is 20.5. The Morgan fingerprint density at radius 3 is 2.17 bits per heavy atom. The first-order valence-corrected chi connectivity index (χ1v) is 21.7. The molecule has 1 aliphatic carbocycles. The summed E-state index contributed by atoms with van der Waals surface area (Å²) < 4.78 is 26.7. The van der Waals surface area contributed by atoms with Gasteiger partial charge in [-0.3, -0.25) is 38.5 Å². The lowest BCUT2D eigenvalue weighted by Gasteiger charge is -2.39. The Bertz CT molecular complexity index is 1530. The average molecular weight is 836 g/mol. The van der Waals surface area contributed by atoms with E-state index in [1.807, 2.05) is 27.7 Å². The highest BCUT2D eigenvalue weighted by molar-refractivity contribution is 7.84. The number of ketones is 1. The summed E-state index contributed by atoms with van der Waals surface area (Å²) in [6.45, 7) is 13.1. The van der Waals surface area contributed by atoms with Crippen LogP contribution in [0.1, 0.15) is 92.7 Å². The molecule has 0 spiro atoms. The number of hydrogen-bond acceptors (Lipinski definition) is 11. The van der Waals surface area contributed by atoms with Gasteiger partial charge in [0.1, 0.15) is 17.0 Å². The number of carbonyl (C=O) groups excluding carboxylic acids is 6. The van der Waals surface area contributed by atoms with Crippen molar-refractivity contribution in [3.05, 3.63) is 30.1 Å². The van der Waals surface area contributed by atoms with Crippen LogP contribution >= 0.6 is 0 Å². The van der Waals surface area contributed by atoms with Gasteiger partial charge in [-0.05, 0) is 43.9 Å². The zero-order chi connectivity index (χ0) is 43.7. The number of rotatable bonds is 22. The zero-order valence-corrected chi connectivity index (χ0v) is 37.2. The summed E-state index contributed by atoms with van der Waals surface area (Å²) in [5, 5.41) is 8.34. The Kier molecular flexibility index (Phi) is 21.7. The predicted octanol–water partition coefficient (Wildman–Crippen LogP) is 1.93. The molecule has 328 valence electrons. The van der Waals surface area contributed by atoms with E-state index in [-0.39, 0.29) is 67.0 Å². The maximum Gasteiger partial charge on any atom is 0.254 e. The second kappa shape index (κ2) is 25.0. The first kappa shape index (κ1) is 50.3. The molecule has 3 rings (SSSR count). The van der Waals surface area contributed by atoms with Crippen LogP contribution in [0.15, 0.2) is 24.4 Å². The molecule has 1 aliphatic heterocycles. The molecule has 4 N–H and O–H groups in total. The number of aromatic nitrogens is 1. The van der Waals surface area contributed by atoms with Crippen molar-refractivity contribution < 1.29 is 42.4 Å². The van der Waals surface area contributed by atoms with Crippen LogP contribution in [0.3, 0.4) is 0 Å². The van der Waals surface area contributed by atoms with E-state index in [1.54, 1.807) is 45.4 Å². The van der Waals surface area contributed by atoms with Crippen molar-refractivity contribution in [2.24, 2.45) is 17.8 Å². The minimum Gasteiger partial charge on any atom is -0.379 e. The SMILES string of the molecule is CCC.CCC(C)C([C@@H](CC(=O)N1CC(=O)CC1C(OC)C(C)C(=O)NC(Cc1ccccn1)C(=O)NS(=O)C1CC1)OC)N(C)C(=O)CNC(=O)C(NC)C(C)C. The van der Waals surface area contributed by atoms with Crippen LogP contribution < -0.4 is 20.7 Å². The van der Waals surface area contributed by atoms with Gasteiger partial charge in [-0.2, -0.15) is 0 Å². The third-order valence-corrected chi connectivity index (χ3v) is 12.1. The van der Waals surface area contributed by atoms with E-state index < -0.39 is 71.0 Å².